The molecular weight excluding hydrogens is 520 g/mol. The highest BCUT2D eigenvalue weighted by atomic mass is 19.4. The molecule has 0 amide bonds. The van der Waals surface area contributed by atoms with Crippen LogP contribution in [0.2, 0.25) is 0 Å². The summed E-state index contributed by atoms with van der Waals surface area (Å²) in [4.78, 5) is 11.4. The fourth-order valence-corrected chi connectivity index (χ4v) is 2.46. The molecule has 4 nitrogen and oxygen atoms in total. The first-order valence-electron chi connectivity index (χ1n) is 9.98. The molecule has 0 bridgehead atoms. The molecule has 0 aliphatic heterocycles. The van der Waals surface area contributed by atoms with Gasteiger partial charge in [0.2, 0.25) is 0 Å². The Kier molecular flexibility index (Phi) is 11.4. The Morgan fingerprint density at radius 3 is 1.63 bits per heavy atom. The molecule has 0 spiro atoms. The van der Waals surface area contributed by atoms with Crippen molar-refractivity contribution in [2.45, 2.75) is 74.6 Å². The first-order valence-corrected chi connectivity index (χ1v) is 9.98. The molecule has 0 atom stereocenters. The highest BCUT2D eigenvalue weighted by Gasteiger charge is 2.89. The van der Waals surface area contributed by atoms with E-state index in [9.17, 15) is 57.5 Å². The van der Waals surface area contributed by atoms with Gasteiger partial charge in [0.25, 0.3) is 0 Å². The molecule has 208 valence electrons. The molecule has 0 unspecified atom stereocenters. The standard InChI is InChI=1S/C19H24F12O4/c1-3-4-5-6-14(20,21)16(24,25)18(28,29)19(30,31)17(26,27)15(22,23)7-9-35-13(33)12(2)11-34-10-8-32/h32H,2-11H2,1H3. The smallest absolute Gasteiger partial charge is 0.384 e. The van der Waals surface area contributed by atoms with Crippen LogP contribution in [0.25, 0.3) is 0 Å². The van der Waals surface area contributed by atoms with E-state index >= 15 is 0 Å². The van der Waals surface area contributed by atoms with E-state index in [4.69, 9.17) is 5.11 Å². The normalized spacial score (nSPS) is 14.2. The molecule has 0 aliphatic carbocycles. The quantitative estimate of drug-likeness (QED) is 0.108. The van der Waals surface area contributed by atoms with Crippen LogP contribution in [-0.4, -0.2) is 73.0 Å². The summed E-state index contributed by atoms with van der Waals surface area (Å²) >= 11 is 0. The molecule has 0 aromatic heterocycles. The number of carbonyl (C=O) groups excluding carboxylic acids is 1. The Balaban J connectivity index is 5.62. The Morgan fingerprint density at radius 2 is 1.20 bits per heavy atom. The molecule has 16 heteroatoms. The average molecular weight is 544 g/mol. The van der Waals surface area contributed by atoms with Crippen LogP contribution in [0.4, 0.5) is 52.7 Å². The summed E-state index contributed by atoms with van der Waals surface area (Å²) in [7, 11) is 0. The Hall–Kier alpha value is -1.71. The van der Waals surface area contributed by atoms with Crippen molar-refractivity contribution in [1.82, 2.24) is 0 Å². The Morgan fingerprint density at radius 1 is 0.743 bits per heavy atom. The van der Waals surface area contributed by atoms with Crippen molar-refractivity contribution in [1.29, 1.82) is 0 Å². The first-order chi connectivity index (χ1) is 15.7. The van der Waals surface area contributed by atoms with Crippen molar-refractivity contribution in [2.24, 2.45) is 0 Å². The molecule has 0 rings (SSSR count). The van der Waals surface area contributed by atoms with Crippen LogP contribution in [0.1, 0.15) is 39.0 Å². The van der Waals surface area contributed by atoms with E-state index in [2.05, 4.69) is 16.1 Å². The number of hydrogen-bond acceptors (Lipinski definition) is 4. The maximum atomic E-state index is 13.8. The van der Waals surface area contributed by atoms with E-state index in [1.165, 1.54) is 6.92 Å². The summed E-state index contributed by atoms with van der Waals surface area (Å²) in [5, 5.41) is 8.46. The Bertz CT molecular complexity index is 710. The number of carbonyl (C=O) groups is 1. The third-order valence-electron chi connectivity index (χ3n) is 4.65. The number of alkyl halides is 12. The summed E-state index contributed by atoms with van der Waals surface area (Å²) in [6.07, 6.45) is -5.63. The van der Waals surface area contributed by atoms with Gasteiger partial charge in [0.05, 0.1) is 38.4 Å². The summed E-state index contributed by atoms with van der Waals surface area (Å²) in [5.41, 5.74) is -0.602. The van der Waals surface area contributed by atoms with E-state index in [1.54, 1.807) is 0 Å². The van der Waals surface area contributed by atoms with Gasteiger partial charge in [0, 0.05) is 6.42 Å². The van der Waals surface area contributed by atoms with Crippen LogP contribution in [-0.2, 0) is 14.3 Å². The van der Waals surface area contributed by atoms with Crippen molar-refractivity contribution in [3.8, 4) is 0 Å². The van der Waals surface area contributed by atoms with Crippen molar-refractivity contribution in [3.63, 3.8) is 0 Å². The van der Waals surface area contributed by atoms with Gasteiger partial charge in [-0.05, 0) is 6.42 Å². The molecular formula is C19H24F12O4. The van der Waals surface area contributed by atoms with E-state index in [0.717, 1.165) is 0 Å². The second-order valence-electron chi connectivity index (χ2n) is 7.43. The molecule has 0 aromatic rings. The lowest BCUT2D eigenvalue weighted by Gasteiger charge is -2.41. The fourth-order valence-electron chi connectivity index (χ4n) is 2.46. The summed E-state index contributed by atoms with van der Waals surface area (Å²) in [6, 6.07) is 0. The van der Waals surface area contributed by atoms with Crippen molar-refractivity contribution in [2.75, 3.05) is 26.4 Å². The van der Waals surface area contributed by atoms with E-state index in [-0.39, 0.29) is 19.4 Å². The minimum Gasteiger partial charge on any atom is -0.462 e. The summed E-state index contributed by atoms with van der Waals surface area (Å²) < 4.78 is 174. The number of ether oxygens (including phenoxy) is 2. The third-order valence-corrected chi connectivity index (χ3v) is 4.65. The molecule has 0 aliphatic rings. The summed E-state index contributed by atoms with van der Waals surface area (Å²) in [6.45, 7) is 1.21. The fraction of sp³-hybridized carbons (Fsp3) is 0.842. The predicted octanol–water partition coefficient (Wildman–Crippen LogP) is 5.88. The van der Waals surface area contributed by atoms with Gasteiger partial charge in [0.15, 0.2) is 0 Å². The monoisotopic (exact) mass is 544 g/mol. The van der Waals surface area contributed by atoms with Gasteiger partial charge in [-0.25, -0.2) is 4.79 Å². The van der Waals surface area contributed by atoms with Gasteiger partial charge in [0.1, 0.15) is 0 Å². The molecule has 0 saturated carbocycles. The van der Waals surface area contributed by atoms with Gasteiger partial charge >= 0.3 is 41.5 Å². The highest BCUT2D eigenvalue weighted by Crippen LogP contribution is 2.61. The molecule has 1 N–H and O–H groups in total. The number of halogens is 12. The number of aliphatic hydroxyl groups is 1. The van der Waals surface area contributed by atoms with Crippen LogP contribution < -0.4 is 0 Å². The second-order valence-corrected chi connectivity index (χ2v) is 7.43. The van der Waals surface area contributed by atoms with E-state index in [1.807, 2.05) is 0 Å². The van der Waals surface area contributed by atoms with Crippen LogP contribution in [0, 0.1) is 0 Å². The Labute approximate surface area is 192 Å². The van der Waals surface area contributed by atoms with Crippen LogP contribution in [0.5, 0.6) is 0 Å². The van der Waals surface area contributed by atoms with Gasteiger partial charge in [-0.15, -0.1) is 0 Å². The maximum absolute atomic E-state index is 13.8. The maximum Gasteiger partial charge on any atom is 0.384 e. The van der Waals surface area contributed by atoms with Crippen molar-refractivity contribution in [3.05, 3.63) is 12.2 Å². The van der Waals surface area contributed by atoms with Crippen LogP contribution in [0.3, 0.4) is 0 Å². The third kappa shape index (κ3) is 6.95. The summed E-state index contributed by atoms with van der Waals surface area (Å²) in [5.74, 6) is -43.4. The van der Waals surface area contributed by atoms with Crippen LogP contribution >= 0.6 is 0 Å². The van der Waals surface area contributed by atoms with Gasteiger partial charge in [-0.1, -0.05) is 26.3 Å². The zero-order valence-corrected chi connectivity index (χ0v) is 18.3. The largest absolute Gasteiger partial charge is 0.462 e. The van der Waals surface area contributed by atoms with Crippen molar-refractivity contribution >= 4 is 5.97 Å². The molecule has 35 heavy (non-hydrogen) atoms. The van der Waals surface area contributed by atoms with Gasteiger partial charge < -0.3 is 14.6 Å². The molecule has 0 fully saturated rings. The molecule has 0 saturated heterocycles. The van der Waals surface area contributed by atoms with E-state index in [0.29, 0.717) is 0 Å². The number of hydrogen-bond donors (Lipinski definition) is 1. The zero-order valence-electron chi connectivity index (χ0n) is 18.3. The number of rotatable bonds is 17. The van der Waals surface area contributed by atoms with Gasteiger partial charge in [-0.2, -0.15) is 52.7 Å². The second kappa shape index (κ2) is 12.0. The zero-order chi connectivity index (χ0) is 27.9. The topological polar surface area (TPSA) is 55.8 Å². The van der Waals surface area contributed by atoms with Gasteiger partial charge in [-0.3, -0.25) is 0 Å². The number of unbranched alkanes of at least 4 members (excludes halogenated alkanes) is 2. The lowest BCUT2D eigenvalue weighted by atomic mass is 9.89. The minimum atomic E-state index is -7.66. The lowest BCUT2D eigenvalue weighted by molar-refractivity contribution is -0.426. The molecule has 0 radical (unpaired) electrons. The predicted molar refractivity (Wildman–Crippen MR) is 96.4 cm³/mol. The average Bonchev–Trinajstić information content (AvgIpc) is 2.72. The molecule has 0 aromatic carbocycles. The van der Waals surface area contributed by atoms with E-state index < -0.39 is 86.2 Å². The lowest BCUT2D eigenvalue weighted by Crippen LogP contribution is -2.70. The number of aliphatic hydroxyl groups excluding tert-OH is 1. The number of esters is 1. The molecule has 0 heterocycles. The van der Waals surface area contributed by atoms with Crippen LogP contribution in [0.15, 0.2) is 12.2 Å². The first kappa shape index (κ1) is 33.3. The minimum absolute atomic E-state index is 0.117. The highest BCUT2D eigenvalue weighted by molar-refractivity contribution is 5.87. The SMILES string of the molecule is C=C(COCCO)C(=O)OCCC(F)(F)C(F)(F)C(F)(F)C(F)(F)C(F)(F)C(F)(F)CCCCC. The van der Waals surface area contributed by atoms with Crippen molar-refractivity contribution < 1.29 is 72.1 Å².